The highest BCUT2D eigenvalue weighted by Crippen LogP contribution is 2.32. The molecule has 27 heavy (non-hydrogen) atoms. The lowest BCUT2D eigenvalue weighted by atomic mass is 10.1. The molecule has 1 atom stereocenters. The fourth-order valence-electron chi connectivity index (χ4n) is 2.70. The van der Waals surface area contributed by atoms with Crippen molar-refractivity contribution >= 4 is 23.2 Å². The van der Waals surface area contributed by atoms with Gasteiger partial charge in [0.25, 0.3) is 5.91 Å². The maximum atomic E-state index is 12.4. The van der Waals surface area contributed by atoms with Crippen LogP contribution in [0.3, 0.4) is 0 Å². The second kappa shape index (κ2) is 7.90. The van der Waals surface area contributed by atoms with Crippen LogP contribution in [0.2, 0.25) is 0 Å². The first-order valence-electron chi connectivity index (χ1n) is 8.07. The van der Waals surface area contributed by atoms with Crippen LogP contribution in [0.1, 0.15) is 0 Å². The van der Waals surface area contributed by atoms with E-state index in [1.165, 1.54) is 24.3 Å². The van der Waals surface area contributed by atoms with Crippen molar-refractivity contribution in [3.05, 3.63) is 48.5 Å². The number of nitrogens with one attached hydrogen (secondary N) is 1. The van der Waals surface area contributed by atoms with Crippen LogP contribution in [0.5, 0.6) is 11.5 Å². The second-order valence-corrected chi connectivity index (χ2v) is 5.81. The zero-order valence-corrected chi connectivity index (χ0v) is 14.1. The Balaban J connectivity index is 1.67. The third kappa shape index (κ3) is 4.63. The number of primary amides is 1. The molecule has 2 aromatic carbocycles. The molecule has 3 N–H and O–H groups in total. The molecular weight excluding hydrogens is 360 g/mol. The number of carbonyl (C=O) groups is 2. The minimum Gasteiger partial charge on any atom is -0.477 e. The zero-order chi connectivity index (χ0) is 19.4. The predicted molar refractivity (Wildman–Crippen MR) is 94.0 cm³/mol. The number of halogens is 2. The van der Waals surface area contributed by atoms with Gasteiger partial charge < -0.3 is 25.4 Å². The van der Waals surface area contributed by atoms with Gasteiger partial charge in [0, 0.05) is 5.69 Å². The first kappa shape index (κ1) is 18.4. The number of carbonyl (C=O) groups excluding carboxylic acids is 2. The lowest BCUT2D eigenvalue weighted by Crippen LogP contribution is -2.49. The Labute approximate surface area is 153 Å². The Kier molecular flexibility index (Phi) is 5.39. The van der Waals surface area contributed by atoms with Gasteiger partial charge in [0.15, 0.2) is 6.10 Å². The van der Waals surface area contributed by atoms with E-state index in [9.17, 15) is 18.4 Å². The maximum Gasteiger partial charge on any atom is 0.387 e. The van der Waals surface area contributed by atoms with Gasteiger partial charge in [-0.25, -0.2) is 0 Å². The van der Waals surface area contributed by atoms with E-state index in [0.29, 0.717) is 17.1 Å². The summed E-state index contributed by atoms with van der Waals surface area (Å²) in [4.78, 5) is 25.6. The number of alkyl halides is 2. The number of fused-ring (bicyclic) bond motifs is 1. The van der Waals surface area contributed by atoms with Crippen LogP contribution in [0.15, 0.2) is 48.5 Å². The van der Waals surface area contributed by atoms with Gasteiger partial charge in [-0.1, -0.05) is 12.1 Å². The van der Waals surface area contributed by atoms with Crippen LogP contribution in [0, 0.1) is 0 Å². The molecule has 142 valence electrons. The normalized spacial score (nSPS) is 15.7. The molecule has 1 aliphatic rings. The monoisotopic (exact) mass is 377 g/mol. The van der Waals surface area contributed by atoms with E-state index >= 15 is 0 Å². The molecule has 7 nitrogen and oxygen atoms in total. The number of ether oxygens (including phenoxy) is 2. The minimum atomic E-state index is -2.91. The number of amides is 2. The average molecular weight is 377 g/mol. The first-order chi connectivity index (χ1) is 12.9. The number of nitrogens with two attached hydrogens (primary N) is 1. The summed E-state index contributed by atoms with van der Waals surface area (Å²) in [6.45, 7) is -2.81. The molecule has 1 aliphatic heterocycles. The average Bonchev–Trinajstić information content (AvgIpc) is 2.62. The second-order valence-electron chi connectivity index (χ2n) is 5.81. The fourth-order valence-corrected chi connectivity index (χ4v) is 2.70. The van der Waals surface area contributed by atoms with Gasteiger partial charge in [-0.3, -0.25) is 9.59 Å². The van der Waals surface area contributed by atoms with E-state index in [1.54, 1.807) is 29.2 Å². The van der Waals surface area contributed by atoms with Crippen LogP contribution in [-0.4, -0.2) is 37.6 Å². The van der Waals surface area contributed by atoms with Crippen LogP contribution in [0.4, 0.5) is 20.2 Å². The Morgan fingerprint density at radius 1 is 1.22 bits per heavy atom. The van der Waals surface area contributed by atoms with Gasteiger partial charge in [-0.05, 0) is 36.4 Å². The Morgan fingerprint density at radius 3 is 2.59 bits per heavy atom. The molecule has 0 spiro atoms. The molecule has 1 heterocycles. The summed E-state index contributed by atoms with van der Waals surface area (Å²) in [5.41, 5.74) is 6.43. The highest BCUT2D eigenvalue weighted by Gasteiger charge is 2.30. The molecule has 0 saturated carbocycles. The van der Waals surface area contributed by atoms with Crippen molar-refractivity contribution in [3.8, 4) is 11.5 Å². The zero-order valence-electron chi connectivity index (χ0n) is 14.1. The number of hydrogen-bond acceptors (Lipinski definition) is 5. The number of benzene rings is 2. The summed E-state index contributed by atoms with van der Waals surface area (Å²) in [7, 11) is 0. The molecule has 0 bridgehead atoms. The van der Waals surface area contributed by atoms with Gasteiger partial charge in [-0.2, -0.15) is 8.78 Å². The highest BCUT2D eigenvalue weighted by atomic mass is 19.3. The third-order valence-corrected chi connectivity index (χ3v) is 3.88. The van der Waals surface area contributed by atoms with Crippen LogP contribution >= 0.6 is 0 Å². The van der Waals surface area contributed by atoms with Crippen molar-refractivity contribution in [1.29, 1.82) is 0 Å². The van der Waals surface area contributed by atoms with Crippen molar-refractivity contribution in [2.24, 2.45) is 5.73 Å². The molecular formula is C18H17F2N3O4. The topological polar surface area (TPSA) is 93.9 Å². The summed E-state index contributed by atoms with van der Waals surface area (Å²) in [5, 5.41) is 2.66. The summed E-state index contributed by atoms with van der Waals surface area (Å²) < 4.78 is 34.1. The molecule has 0 saturated heterocycles. The Morgan fingerprint density at radius 2 is 1.93 bits per heavy atom. The van der Waals surface area contributed by atoms with Crippen molar-refractivity contribution in [2.45, 2.75) is 12.7 Å². The van der Waals surface area contributed by atoms with E-state index in [1.807, 2.05) is 0 Å². The SMILES string of the molecule is NC(=O)C1CN(CC(=O)Nc2ccc(OC(F)F)cc2)c2ccccc2O1. The molecule has 3 rings (SSSR count). The van der Waals surface area contributed by atoms with Gasteiger partial charge >= 0.3 is 6.61 Å². The number of anilines is 2. The lowest BCUT2D eigenvalue weighted by molar-refractivity contribution is -0.125. The summed E-state index contributed by atoms with van der Waals surface area (Å²) >= 11 is 0. The molecule has 9 heteroatoms. The fraction of sp³-hybridized carbons (Fsp3) is 0.222. The van der Waals surface area contributed by atoms with Crippen molar-refractivity contribution in [1.82, 2.24) is 0 Å². The molecule has 2 amide bonds. The largest absolute Gasteiger partial charge is 0.477 e. The van der Waals surface area contributed by atoms with E-state index in [2.05, 4.69) is 10.1 Å². The Hall–Kier alpha value is -3.36. The minimum absolute atomic E-state index is 0.00518. The van der Waals surface area contributed by atoms with Crippen LogP contribution < -0.4 is 25.4 Å². The highest BCUT2D eigenvalue weighted by molar-refractivity contribution is 5.94. The summed E-state index contributed by atoms with van der Waals surface area (Å²) in [6.07, 6.45) is -0.863. The van der Waals surface area contributed by atoms with Crippen molar-refractivity contribution in [2.75, 3.05) is 23.3 Å². The summed E-state index contributed by atoms with van der Waals surface area (Å²) in [5.74, 6) is -0.509. The number of nitrogens with zero attached hydrogens (tertiary/aromatic N) is 1. The molecule has 0 aromatic heterocycles. The van der Waals surface area contributed by atoms with Gasteiger partial charge in [0.2, 0.25) is 5.91 Å². The number of para-hydroxylation sites is 2. The molecule has 0 radical (unpaired) electrons. The van der Waals surface area contributed by atoms with Gasteiger partial charge in [-0.15, -0.1) is 0 Å². The first-order valence-corrected chi connectivity index (χ1v) is 8.07. The van der Waals surface area contributed by atoms with Crippen molar-refractivity contribution < 1.29 is 27.8 Å². The number of hydrogen-bond donors (Lipinski definition) is 2. The van der Waals surface area contributed by atoms with Crippen molar-refractivity contribution in [3.63, 3.8) is 0 Å². The van der Waals surface area contributed by atoms with E-state index in [-0.39, 0.29) is 24.7 Å². The molecule has 0 aliphatic carbocycles. The lowest BCUT2D eigenvalue weighted by Gasteiger charge is -2.34. The predicted octanol–water partition coefficient (Wildman–Crippen LogP) is 1.98. The standard InChI is InChI=1S/C18H17F2N3O4/c19-18(20)26-12-7-5-11(6-8-12)22-16(24)10-23-9-15(17(21)25)27-14-4-2-1-3-13(14)23/h1-8,15,18H,9-10H2,(H2,21,25)(H,22,24). The third-order valence-electron chi connectivity index (χ3n) is 3.88. The van der Waals surface area contributed by atoms with Crippen LogP contribution in [0.25, 0.3) is 0 Å². The molecule has 2 aromatic rings. The van der Waals surface area contributed by atoms with E-state index < -0.39 is 18.6 Å². The Bertz CT molecular complexity index is 830. The van der Waals surface area contributed by atoms with Gasteiger partial charge in [0.1, 0.15) is 11.5 Å². The molecule has 0 fully saturated rings. The molecule has 1 unspecified atom stereocenters. The van der Waals surface area contributed by atoms with Crippen LogP contribution in [-0.2, 0) is 9.59 Å². The number of rotatable bonds is 6. The van der Waals surface area contributed by atoms with Gasteiger partial charge in [0.05, 0.1) is 18.8 Å². The maximum absolute atomic E-state index is 12.4. The van der Waals surface area contributed by atoms with E-state index in [4.69, 9.17) is 10.5 Å². The summed E-state index contributed by atoms with van der Waals surface area (Å²) in [6, 6.07) is 12.6. The quantitative estimate of drug-likeness (QED) is 0.803. The smallest absolute Gasteiger partial charge is 0.387 e. The van der Waals surface area contributed by atoms with E-state index in [0.717, 1.165) is 0 Å².